The highest BCUT2D eigenvalue weighted by atomic mass is 35.5. The van der Waals surface area contributed by atoms with Crippen LogP contribution >= 0.6 is 11.6 Å². The zero-order valence-electron chi connectivity index (χ0n) is 12.0. The summed E-state index contributed by atoms with van der Waals surface area (Å²) in [4.78, 5) is 12.4. The van der Waals surface area contributed by atoms with Crippen molar-refractivity contribution in [1.82, 2.24) is 0 Å². The number of aliphatic hydroxyl groups excluding tert-OH is 1. The van der Waals surface area contributed by atoms with Gasteiger partial charge in [0.2, 0.25) is 0 Å². The van der Waals surface area contributed by atoms with E-state index in [2.05, 4.69) is 0 Å². The predicted octanol–water partition coefficient (Wildman–Crippen LogP) is 2.04. The first-order chi connectivity index (χ1) is 9.26. The Morgan fingerprint density at radius 3 is 2.35 bits per heavy atom. The van der Waals surface area contributed by atoms with E-state index < -0.39 is 29.6 Å². The number of halogens is 1. The van der Waals surface area contributed by atoms with Crippen LogP contribution in [-0.4, -0.2) is 34.7 Å². The van der Waals surface area contributed by atoms with Gasteiger partial charge in [-0.2, -0.15) is 0 Å². The lowest BCUT2D eigenvalue weighted by Gasteiger charge is -2.29. The third-order valence-corrected chi connectivity index (χ3v) is 3.12. The number of alkyl halides is 1. The van der Waals surface area contributed by atoms with E-state index in [-0.39, 0.29) is 5.88 Å². The van der Waals surface area contributed by atoms with Crippen molar-refractivity contribution in [2.75, 3.05) is 5.88 Å². The maximum atomic E-state index is 12.4. The van der Waals surface area contributed by atoms with Gasteiger partial charge >= 0.3 is 5.97 Å². The summed E-state index contributed by atoms with van der Waals surface area (Å²) in [5.74, 6) is -1.24. The summed E-state index contributed by atoms with van der Waals surface area (Å²) in [5, 5.41) is 9.84. The molecule has 0 aromatic heterocycles. The predicted molar refractivity (Wildman–Crippen MR) is 79.7 cm³/mol. The summed E-state index contributed by atoms with van der Waals surface area (Å²) in [6, 6.07) is 8.23. The molecule has 4 nitrogen and oxygen atoms in total. The number of aliphatic hydroxyl groups is 1. The Bertz CT molecular complexity index is 430. The fourth-order valence-electron chi connectivity index (χ4n) is 1.87. The van der Waals surface area contributed by atoms with E-state index in [1.807, 2.05) is 18.2 Å². The van der Waals surface area contributed by atoms with Gasteiger partial charge in [0.25, 0.3) is 0 Å². The summed E-state index contributed by atoms with van der Waals surface area (Å²) in [6.07, 6.45) is -0.977. The number of carbonyl (C=O) groups excluding carboxylic acids is 1. The third-order valence-electron chi connectivity index (χ3n) is 2.81. The number of hydrogen-bond acceptors (Lipinski definition) is 4. The average Bonchev–Trinajstić information content (AvgIpc) is 2.37. The van der Waals surface area contributed by atoms with Crippen LogP contribution in [0.4, 0.5) is 0 Å². The molecule has 0 aliphatic rings. The molecular weight excluding hydrogens is 278 g/mol. The Kier molecular flexibility index (Phi) is 5.99. The van der Waals surface area contributed by atoms with Crippen molar-refractivity contribution in [2.24, 2.45) is 5.73 Å². The van der Waals surface area contributed by atoms with Crippen molar-refractivity contribution >= 4 is 17.6 Å². The van der Waals surface area contributed by atoms with Crippen molar-refractivity contribution in [1.29, 1.82) is 0 Å². The topological polar surface area (TPSA) is 72.5 Å². The van der Waals surface area contributed by atoms with Crippen molar-refractivity contribution in [2.45, 2.75) is 44.4 Å². The van der Waals surface area contributed by atoms with Crippen LogP contribution in [0.25, 0.3) is 0 Å². The highest BCUT2D eigenvalue weighted by Gasteiger charge is 2.34. The highest BCUT2D eigenvalue weighted by Crippen LogP contribution is 2.25. The summed E-state index contributed by atoms with van der Waals surface area (Å²) in [6.45, 7) is 5.36. The second-order valence-electron chi connectivity index (χ2n) is 5.72. The Morgan fingerprint density at radius 2 is 1.90 bits per heavy atom. The molecule has 0 amide bonds. The van der Waals surface area contributed by atoms with Gasteiger partial charge in [-0.3, -0.25) is 4.79 Å². The summed E-state index contributed by atoms with van der Waals surface area (Å²) >= 11 is 5.63. The Balaban J connectivity index is 3.05. The molecule has 20 heavy (non-hydrogen) atoms. The molecule has 1 aromatic rings. The molecular formula is C15H22ClNO3. The van der Waals surface area contributed by atoms with E-state index in [1.54, 1.807) is 32.9 Å². The summed E-state index contributed by atoms with van der Waals surface area (Å²) in [5.41, 5.74) is 6.08. The van der Waals surface area contributed by atoms with Gasteiger partial charge in [0, 0.05) is 11.9 Å². The molecule has 0 bridgehead atoms. The lowest BCUT2D eigenvalue weighted by atomic mass is 9.89. The van der Waals surface area contributed by atoms with Crippen LogP contribution in [0, 0.1) is 0 Å². The monoisotopic (exact) mass is 299 g/mol. The summed E-state index contributed by atoms with van der Waals surface area (Å²) < 4.78 is 5.40. The molecule has 0 aliphatic carbocycles. The number of benzene rings is 1. The van der Waals surface area contributed by atoms with E-state index in [0.29, 0.717) is 5.56 Å². The van der Waals surface area contributed by atoms with E-state index in [9.17, 15) is 9.90 Å². The van der Waals surface area contributed by atoms with Crippen LogP contribution in [0.15, 0.2) is 30.3 Å². The van der Waals surface area contributed by atoms with Gasteiger partial charge in [-0.15, -0.1) is 11.6 Å². The maximum Gasteiger partial charge on any atom is 0.315 e. The van der Waals surface area contributed by atoms with Crippen LogP contribution in [0.1, 0.15) is 32.3 Å². The third kappa shape index (κ3) is 4.78. The Labute approximate surface area is 124 Å². The smallest absolute Gasteiger partial charge is 0.315 e. The summed E-state index contributed by atoms with van der Waals surface area (Å²) in [7, 11) is 0. The van der Waals surface area contributed by atoms with Crippen LogP contribution in [0.2, 0.25) is 0 Å². The number of ether oxygens (including phenoxy) is 1. The SMILES string of the molecule is CC(C)(C)OC(=O)C(c1ccccc1)C(N)C(O)CCl. The zero-order valence-corrected chi connectivity index (χ0v) is 12.8. The van der Waals surface area contributed by atoms with E-state index >= 15 is 0 Å². The lowest BCUT2D eigenvalue weighted by molar-refractivity contribution is -0.158. The quantitative estimate of drug-likeness (QED) is 0.644. The molecule has 0 saturated heterocycles. The minimum atomic E-state index is -0.977. The normalized spacial score (nSPS) is 16.3. The Morgan fingerprint density at radius 1 is 1.35 bits per heavy atom. The van der Waals surface area contributed by atoms with Gasteiger partial charge in [-0.1, -0.05) is 30.3 Å². The van der Waals surface area contributed by atoms with Gasteiger partial charge in [0.1, 0.15) is 5.60 Å². The first kappa shape index (κ1) is 17.0. The fourth-order valence-corrected chi connectivity index (χ4v) is 2.07. The molecule has 0 spiro atoms. The average molecular weight is 300 g/mol. The number of rotatable bonds is 5. The minimum absolute atomic E-state index is 0.0344. The molecule has 1 rings (SSSR count). The molecule has 0 radical (unpaired) electrons. The number of esters is 1. The fraction of sp³-hybridized carbons (Fsp3) is 0.533. The molecule has 3 unspecified atom stereocenters. The van der Waals surface area contributed by atoms with Crippen molar-refractivity contribution in [3.05, 3.63) is 35.9 Å². The second-order valence-corrected chi connectivity index (χ2v) is 6.03. The van der Waals surface area contributed by atoms with Gasteiger partial charge in [-0.25, -0.2) is 0 Å². The number of carbonyl (C=O) groups is 1. The van der Waals surface area contributed by atoms with Crippen LogP contribution in [0.3, 0.4) is 0 Å². The molecule has 3 atom stereocenters. The molecule has 3 N–H and O–H groups in total. The second kappa shape index (κ2) is 7.07. The lowest BCUT2D eigenvalue weighted by Crippen LogP contribution is -2.45. The van der Waals surface area contributed by atoms with Gasteiger partial charge in [-0.05, 0) is 26.3 Å². The van der Waals surface area contributed by atoms with Crippen LogP contribution < -0.4 is 5.73 Å². The number of hydrogen-bond donors (Lipinski definition) is 2. The first-order valence-corrected chi connectivity index (χ1v) is 7.07. The molecule has 5 heteroatoms. The van der Waals surface area contributed by atoms with Gasteiger partial charge in [0.15, 0.2) is 0 Å². The minimum Gasteiger partial charge on any atom is -0.459 e. The van der Waals surface area contributed by atoms with E-state index in [4.69, 9.17) is 22.1 Å². The van der Waals surface area contributed by atoms with E-state index in [1.165, 1.54) is 0 Å². The number of nitrogens with two attached hydrogens (primary N) is 1. The van der Waals surface area contributed by atoms with Crippen molar-refractivity contribution < 1.29 is 14.6 Å². The maximum absolute atomic E-state index is 12.4. The molecule has 0 aliphatic heterocycles. The van der Waals surface area contributed by atoms with Crippen molar-refractivity contribution in [3.8, 4) is 0 Å². The molecule has 0 saturated carbocycles. The standard InChI is InChI=1S/C15H22ClNO3/c1-15(2,3)20-14(19)12(13(17)11(18)9-16)10-7-5-4-6-8-10/h4-8,11-13,18H,9,17H2,1-3H3. The van der Waals surface area contributed by atoms with Crippen LogP contribution in [0.5, 0.6) is 0 Å². The van der Waals surface area contributed by atoms with Crippen LogP contribution in [-0.2, 0) is 9.53 Å². The molecule has 1 aromatic carbocycles. The Hall–Kier alpha value is -1.10. The van der Waals surface area contributed by atoms with Gasteiger partial charge in [0.05, 0.1) is 12.0 Å². The largest absolute Gasteiger partial charge is 0.459 e. The molecule has 0 fully saturated rings. The molecule has 0 heterocycles. The van der Waals surface area contributed by atoms with Crippen molar-refractivity contribution in [3.63, 3.8) is 0 Å². The first-order valence-electron chi connectivity index (χ1n) is 6.53. The molecule has 112 valence electrons. The van der Waals surface area contributed by atoms with E-state index in [0.717, 1.165) is 0 Å². The van der Waals surface area contributed by atoms with Gasteiger partial charge < -0.3 is 15.6 Å². The zero-order chi connectivity index (χ0) is 15.3. The highest BCUT2D eigenvalue weighted by molar-refractivity contribution is 6.18.